The molecule has 188 valence electrons. The van der Waals surface area contributed by atoms with Crippen LogP contribution >= 0.6 is 11.6 Å². The first-order chi connectivity index (χ1) is 16.5. The van der Waals surface area contributed by atoms with E-state index < -0.39 is 21.9 Å². The number of nitrogens with zero attached hydrogens (tertiary/aromatic N) is 1. The van der Waals surface area contributed by atoms with Gasteiger partial charge in [-0.3, -0.25) is 4.72 Å². The van der Waals surface area contributed by atoms with Gasteiger partial charge in [0.15, 0.2) is 5.75 Å². The van der Waals surface area contributed by atoms with E-state index in [0.717, 1.165) is 0 Å². The average molecular weight is 524 g/mol. The molecule has 0 spiro atoms. The Morgan fingerprint density at radius 3 is 2.66 bits per heavy atom. The van der Waals surface area contributed by atoms with Gasteiger partial charge in [-0.05, 0) is 36.2 Å². The van der Waals surface area contributed by atoms with Crippen molar-refractivity contribution in [2.24, 2.45) is 0 Å². The molecule has 0 fully saturated rings. The van der Waals surface area contributed by atoms with E-state index >= 15 is 0 Å². The van der Waals surface area contributed by atoms with Gasteiger partial charge in [0.05, 0.1) is 30.8 Å². The number of amides is 1. The van der Waals surface area contributed by atoms with Gasteiger partial charge in [0, 0.05) is 37.5 Å². The molecule has 1 aromatic heterocycles. The van der Waals surface area contributed by atoms with Crippen molar-refractivity contribution in [3.63, 3.8) is 0 Å². The van der Waals surface area contributed by atoms with Crippen molar-refractivity contribution >= 4 is 44.6 Å². The highest BCUT2D eigenvalue weighted by Crippen LogP contribution is 2.32. The summed E-state index contributed by atoms with van der Waals surface area (Å²) in [6, 6.07) is 9.77. The molecule has 0 saturated heterocycles. The molecule has 0 aliphatic heterocycles. The number of nitrogens with one attached hydrogen (secondary N) is 2. The van der Waals surface area contributed by atoms with E-state index in [1.807, 2.05) is 12.4 Å². The molecule has 12 heteroatoms. The fourth-order valence-corrected chi connectivity index (χ4v) is 4.43. The molecule has 4 N–H and O–H groups in total. The van der Waals surface area contributed by atoms with Crippen molar-refractivity contribution in [2.45, 2.75) is 13.3 Å². The van der Waals surface area contributed by atoms with Crippen LogP contribution in [0.25, 0.3) is 11.0 Å². The topological polar surface area (TPSA) is 135 Å². The predicted molar refractivity (Wildman–Crippen MR) is 134 cm³/mol. The number of carbonyl (C=O) groups is 1. The molecule has 0 aliphatic carbocycles. The van der Waals surface area contributed by atoms with Crippen molar-refractivity contribution in [3.8, 4) is 5.75 Å². The van der Waals surface area contributed by atoms with E-state index in [1.165, 1.54) is 25.1 Å². The summed E-state index contributed by atoms with van der Waals surface area (Å²) in [5.41, 5.74) is 1.83. The number of rotatable bonds is 9. The quantitative estimate of drug-likeness (QED) is 0.289. The van der Waals surface area contributed by atoms with Crippen LogP contribution in [0, 0.1) is 6.92 Å². The standard InChI is InChI=1S/C23H27ClN4O6S/c1-14-17-12-19(24)21(34-23(30)28(3)4)13-20(17)33-22(29)18(14)11-15-6-5-7-16(10-15)27-35(31,32)26-9-8-25-2/h5-7,10,12-13,25-27H,8-9,11H2,1-4H3/p+1. The third-order valence-corrected chi connectivity index (χ3v) is 6.57. The van der Waals surface area contributed by atoms with E-state index in [-0.39, 0.29) is 22.8 Å². The number of anilines is 1. The number of hydrogen-bond acceptors (Lipinski definition) is 6. The largest absolute Gasteiger partial charge is 0.422 e. The molecule has 1 amide bonds. The maximum absolute atomic E-state index is 12.8. The Labute approximate surface area is 208 Å². The lowest BCUT2D eigenvalue weighted by atomic mass is 9.99. The SMILES string of the molecule is C[NH2+]CCNS(=O)(=O)Nc1cccc(Cc2c(C)c3cc(Cl)c(OC(=O)N(C)C)cc3oc2=O)c1. The molecule has 0 unspecified atom stereocenters. The molecule has 1 heterocycles. The van der Waals surface area contributed by atoms with Crippen LogP contribution < -0.4 is 25.1 Å². The van der Waals surface area contributed by atoms with Crippen molar-refractivity contribution in [1.82, 2.24) is 9.62 Å². The van der Waals surface area contributed by atoms with Gasteiger partial charge in [-0.15, -0.1) is 0 Å². The number of benzene rings is 2. The minimum absolute atomic E-state index is 0.0820. The molecule has 10 nitrogen and oxygen atoms in total. The van der Waals surface area contributed by atoms with E-state index in [9.17, 15) is 18.0 Å². The molecule has 3 rings (SSSR count). The van der Waals surface area contributed by atoms with Gasteiger partial charge in [0.25, 0.3) is 10.2 Å². The van der Waals surface area contributed by atoms with Gasteiger partial charge in [-0.25, -0.2) is 9.59 Å². The maximum atomic E-state index is 12.8. The van der Waals surface area contributed by atoms with Crippen LogP contribution in [0.1, 0.15) is 16.7 Å². The molecule has 0 aliphatic rings. The number of aryl methyl sites for hydroxylation is 1. The Kier molecular flexibility index (Phi) is 8.39. The molecule has 3 aromatic rings. The second-order valence-electron chi connectivity index (χ2n) is 8.11. The van der Waals surface area contributed by atoms with Gasteiger partial charge >= 0.3 is 11.7 Å². The van der Waals surface area contributed by atoms with Crippen LogP contribution in [0.2, 0.25) is 5.02 Å². The first-order valence-corrected chi connectivity index (χ1v) is 12.7. The molecule has 0 radical (unpaired) electrons. The highest BCUT2D eigenvalue weighted by molar-refractivity contribution is 7.90. The molecule has 35 heavy (non-hydrogen) atoms. The third-order valence-electron chi connectivity index (χ3n) is 5.19. The summed E-state index contributed by atoms with van der Waals surface area (Å²) in [6.45, 7) is 2.68. The second-order valence-corrected chi connectivity index (χ2v) is 10.0. The predicted octanol–water partition coefficient (Wildman–Crippen LogP) is 1.85. The van der Waals surface area contributed by atoms with Crippen molar-refractivity contribution in [2.75, 3.05) is 39.0 Å². The summed E-state index contributed by atoms with van der Waals surface area (Å²) in [4.78, 5) is 25.9. The summed E-state index contributed by atoms with van der Waals surface area (Å²) in [5.74, 6) is 0.0820. The molecular formula is C23H28ClN4O6S+. The number of hydrogen-bond donors (Lipinski definition) is 3. The number of ether oxygens (including phenoxy) is 1. The van der Waals surface area contributed by atoms with E-state index in [2.05, 4.69) is 9.44 Å². The fraction of sp³-hybridized carbons (Fsp3) is 0.304. The molecule has 0 atom stereocenters. The lowest BCUT2D eigenvalue weighted by Gasteiger charge is -2.14. The molecule has 0 bridgehead atoms. The van der Waals surface area contributed by atoms with Crippen LogP contribution in [0.15, 0.2) is 45.6 Å². The minimum atomic E-state index is -3.72. The van der Waals surface area contributed by atoms with E-state index in [4.69, 9.17) is 20.8 Å². The van der Waals surface area contributed by atoms with Crippen LogP contribution in [0.3, 0.4) is 0 Å². The summed E-state index contributed by atoms with van der Waals surface area (Å²) in [5, 5.41) is 2.66. The summed E-state index contributed by atoms with van der Waals surface area (Å²) in [6.07, 6.45) is -0.399. The number of likely N-dealkylation sites (N-methyl/N-ethyl adjacent to an activating group) is 1. The Balaban J connectivity index is 1.89. The summed E-state index contributed by atoms with van der Waals surface area (Å²) in [7, 11) is 1.21. The first kappa shape index (κ1) is 26.5. The Morgan fingerprint density at radius 1 is 1.23 bits per heavy atom. The van der Waals surface area contributed by atoms with Gasteiger partial charge in [-0.1, -0.05) is 23.7 Å². The zero-order valence-electron chi connectivity index (χ0n) is 19.8. The zero-order chi connectivity index (χ0) is 25.8. The number of carbonyl (C=O) groups excluding carboxylic acids is 1. The van der Waals surface area contributed by atoms with Gasteiger partial charge in [0.1, 0.15) is 5.58 Å². The normalized spacial score (nSPS) is 11.5. The first-order valence-electron chi connectivity index (χ1n) is 10.8. The van der Waals surface area contributed by atoms with Crippen molar-refractivity contribution in [1.29, 1.82) is 0 Å². The van der Waals surface area contributed by atoms with Crippen LogP contribution in [0.5, 0.6) is 5.75 Å². The molecule has 0 saturated carbocycles. The van der Waals surface area contributed by atoms with E-state index in [0.29, 0.717) is 40.9 Å². The third kappa shape index (κ3) is 6.73. The highest BCUT2D eigenvalue weighted by Gasteiger charge is 2.17. The smallest absolute Gasteiger partial charge is 0.414 e. The van der Waals surface area contributed by atoms with Gasteiger partial charge in [0.2, 0.25) is 0 Å². The Bertz CT molecular complexity index is 1410. The number of nitrogens with two attached hydrogens (primary N) is 1. The Morgan fingerprint density at radius 2 is 1.97 bits per heavy atom. The number of quaternary nitrogens is 1. The number of fused-ring (bicyclic) bond motifs is 1. The van der Waals surface area contributed by atoms with Gasteiger partial charge in [-0.2, -0.15) is 13.1 Å². The Hall–Kier alpha value is -3.12. The average Bonchev–Trinajstić information content (AvgIpc) is 2.78. The van der Waals surface area contributed by atoms with Crippen molar-refractivity contribution < 1.29 is 27.7 Å². The molecular weight excluding hydrogens is 496 g/mol. The summed E-state index contributed by atoms with van der Waals surface area (Å²) < 4.78 is 40.1. The number of halogens is 1. The van der Waals surface area contributed by atoms with Crippen LogP contribution in [0.4, 0.5) is 10.5 Å². The summed E-state index contributed by atoms with van der Waals surface area (Å²) >= 11 is 6.32. The molecule has 2 aromatic carbocycles. The maximum Gasteiger partial charge on any atom is 0.414 e. The van der Waals surface area contributed by atoms with E-state index in [1.54, 1.807) is 37.3 Å². The second kappa shape index (κ2) is 11.1. The lowest BCUT2D eigenvalue weighted by molar-refractivity contribution is -0.624. The lowest BCUT2D eigenvalue weighted by Crippen LogP contribution is -2.81. The zero-order valence-corrected chi connectivity index (χ0v) is 21.4. The van der Waals surface area contributed by atoms with Crippen LogP contribution in [-0.4, -0.2) is 53.6 Å². The highest BCUT2D eigenvalue weighted by atomic mass is 35.5. The monoisotopic (exact) mass is 523 g/mol. The fourth-order valence-electron chi connectivity index (χ4n) is 3.34. The van der Waals surface area contributed by atoms with Crippen molar-refractivity contribution in [3.05, 3.63) is 68.5 Å². The van der Waals surface area contributed by atoms with Crippen LogP contribution in [-0.2, 0) is 16.6 Å². The van der Waals surface area contributed by atoms with Gasteiger partial charge < -0.3 is 19.4 Å². The minimum Gasteiger partial charge on any atom is -0.422 e.